The smallest absolute Gasteiger partial charge is 0.306 e. The number of aromatic nitrogens is 2. The lowest BCUT2D eigenvalue weighted by Crippen LogP contribution is -2.34. The summed E-state index contributed by atoms with van der Waals surface area (Å²) in [5.41, 5.74) is 0. The predicted molar refractivity (Wildman–Crippen MR) is 52.1 cm³/mol. The number of nitrogens with one attached hydrogen (secondary N) is 1. The molecule has 8 heteroatoms. The van der Waals surface area contributed by atoms with Crippen molar-refractivity contribution in [3.63, 3.8) is 0 Å². The second-order valence-electron chi connectivity index (χ2n) is 2.89. The highest BCUT2D eigenvalue weighted by atomic mass is 32.2. The molecule has 1 aromatic rings. The highest BCUT2D eigenvalue weighted by Crippen LogP contribution is 2.08. The number of hydrogen-bond donors (Lipinski definition) is 1. The molecule has 0 aliphatic carbocycles. The minimum absolute atomic E-state index is 0.0596. The molecule has 0 aromatic carbocycles. The molecule has 0 atom stereocenters. The van der Waals surface area contributed by atoms with Crippen LogP contribution in [0.2, 0.25) is 0 Å². The molecule has 7 nitrogen and oxygen atoms in total. The molecule has 1 saturated heterocycles. The van der Waals surface area contributed by atoms with Crippen LogP contribution in [0, 0.1) is 0 Å². The first-order valence-corrected chi connectivity index (χ1v) is 5.75. The van der Waals surface area contributed by atoms with Gasteiger partial charge in [-0.15, -0.1) is 0 Å². The molecule has 2 heterocycles. The van der Waals surface area contributed by atoms with E-state index in [0.717, 1.165) is 0 Å². The summed E-state index contributed by atoms with van der Waals surface area (Å²) < 4.78 is 31.7. The van der Waals surface area contributed by atoms with E-state index in [1.165, 1.54) is 16.7 Å². The Kier molecular flexibility index (Phi) is 2.80. The third-order valence-electron chi connectivity index (χ3n) is 1.85. The van der Waals surface area contributed by atoms with Gasteiger partial charge in [0.25, 0.3) is 0 Å². The maximum Gasteiger partial charge on any atom is 0.306 e. The Labute approximate surface area is 87.3 Å². The number of rotatable bonds is 3. The molecule has 1 aliphatic rings. The van der Waals surface area contributed by atoms with Crippen LogP contribution < -0.4 is 4.72 Å². The largest absolute Gasteiger partial charge is 0.364 e. The molecule has 2 rings (SSSR count). The normalized spacial score (nSPS) is 17.9. The van der Waals surface area contributed by atoms with Crippen molar-refractivity contribution in [2.45, 2.75) is 0 Å². The van der Waals surface area contributed by atoms with Gasteiger partial charge in [-0.05, 0) is 6.07 Å². The van der Waals surface area contributed by atoms with E-state index in [1.54, 1.807) is 6.07 Å². The van der Waals surface area contributed by atoms with Crippen LogP contribution in [0.1, 0.15) is 0 Å². The molecule has 1 N–H and O–H groups in total. The van der Waals surface area contributed by atoms with Crippen LogP contribution in [0.5, 0.6) is 0 Å². The van der Waals surface area contributed by atoms with Gasteiger partial charge in [-0.3, -0.25) is 0 Å². The van der Waals surface area contributed by atoms with Gasteiger partial charge in [0.2, 0.25) is 5.95 Å². The number of nitrogens with zero attached hydrogens (tertiary/aromatic N) is 3. The topological polar surface area (TPSA) is 84.4 Å². The Morgan fingerprint density at radius 1 is 1.40 bits per heavy atom. The Hall–Kier alpha value is -1.25. The van der Waals surface area contributed by atoms with Crippen LogP contribution >= 0.6 is 0 Å². The van der Waals surface area contributed by atoms with Gasteiger partial charge in [0.15, 0.2) is 0 Å². The van der Waals surface area contributed by atoms with Crippen LogP contribution in [0.3, 0.4) is 0 Å². The minimum atomic E-state index is -3.58. The SMILES string of the molecule is O=S(=O)(Nc1ncccn1)N1CCOC1. The molecule has 1 aliphatic heterocycles. The van der Waals surface area contributed by atoms with Crippen molar-refractivity contribution in [3.8, 4) is 0 Å². The van der Waals surface area contributed by atoms with Crippen LogP contribution in [0.15, 0.2) is 18.5 Å². The fourth-order valence-electron chi connectivity index (χ4n) is 1.12. The Morgan fingerprint density at radius 2 is 2.13 bits per heavy atom. The number of ether oxygens (including phenoxy) is 1. The summed E-state index contributed by atoms with van der Waals surface area (Å²) in [7, 11) is -3.58. The molecular formula is C7H10N4O3S. The van der Waals surface area contributed by atoms with Crippen molar-refractivity contribution in [1.29, 1.82) is 0 Å². The Morgan fingerprint density at radius 3 is 2.73 bits per heavy atom. The molecule has 0 saturated carbocycles. The van der Waals surface area contributed by atoms with Crippen molar-refractivity contribution in [3.05, 3.63) is 18.5 Å². The highest BCUT2D eigenvalue weighted by molar-refractivity contribution is 7.90. The fourth-order valence-corrected chi connectivity index (χ4v) is 2.11. The predicted octanol–water partition coefficient (Wildman–Crippen LogP) is -0.577. The minimum Gasteiger partial charge on any atom is -0.364 e. The zero-order valence-corrected chi connectivity index (χ0v) is 8.64. The van der Waals surface area contributed by atoms with E-state index in [2.05, 4.69) is 14.7 Å². The van der Waals surface area contributed by atoms with Crippen LogP contribution in [0.25, 0.3) is 0 Å². The molecule has 0 spiro atoms. The summed E-state index contributed by atoms with van der Waals surface area (Å²) in [5.74, 6) is 0.0596. The lowest BCUT2D eigenvalue weighted by Gasteiger charge is -2.13. The van der Waals surface area contributed by atoms with Crippen LogP contribution in [0.4, 0.5) is 5.95 Å². The quantitative estimate of drug-likeness (QED) is 0.751. The van der Waals surface area contributed by atoms with Crippen LogP contribution in [-0.4, -0.2) is 42.6 Å². The van der Waals surface area contributed by atoms with Gasteiger partial charge in [0, 0.05) is 18.9 Å². The van der Waals surface area contributed by atoms with Crippen molar-refractivity contribution in [2.24, 2.45) is 0 Å². The van der Waals surface area contributed by atoms with E-state index < -0.39 is 10.2 Å². The molecule has 0 amide bonds. The lowest BCUT2D eigenvalue weighted by molar-refractivity contribution is 0.172. The van der Waals surface area contributed by atoms with Crippen molar-refractivity contribution in [2.75, 3.05) is 24.6 Å². The first kappa shape index (κ1) is 10.3. The first-order chi connectivity index (χ1) is 7.18. The zero-order valence-electron chi connectivity index (χ0n) is 7.83. The highest BCUT2D eigenvalue weighted by Gasteiger charge is 2.26. The van der Waals surface area contributed by atoms with Crippen molar-refractivity contribution in [1.82, 2.24) is 14.3 Å². The number of hydrogen-bond acceptors (Lipinski definition) is 5. The summed E-state index contributed by atoms with van der Waals surface area (Å²) in [5, 5.41) is 0. The zero-order chi connectivity index (χ0) is 10.7. The Bertz CT molecular complexity index is 415. The van der Waals surface area contributed by atoms with E-state index in [9.17, 15) is 8.42 Å². The second kappa shape index (κ2) is 4.09. The third kappa shape index (κ3) is 2.41. The molecule has 1 fully saturated rings. The average Bonchev–Trinajstić information content (AvgIpc) is 2.71. The maximum absolute atomic E-state index is 11.7. The molecule has 0 radical (unpaired) electrons. The Balaban J connectivity index is 2.11. The van der Waals surface area contributed by atoms with Crippen molar-refractivity contribution < 1.29 is 13.2 Å². The fraction of sp³-hybridized carbons (Fsp3) is 0.429. The average molecular weight is 230 g/mol. The van der Waals surface area contributed by atoms with Gasteiger partial charge in [-0.1, -0.05) is 0 Å². The molecule has 15 heavy (non-hydrogen) atoms. The summed E-state index contributed by atoms with van der Waals surface area (Å²) in [6.07, 6.45) is 2.93. The number of anilines is 1. The molecular weight excluding hydrogens is 220 g/mol. The van der Waals surface area contributed by atoms with Gasteiger partial charge >= 0.3 is 10.2 Å². The lowest BCUT2D eigenvalue weighted by atomic mass is 10.7. The molecule has 1 aromatic heterocycles. The first-order valence-electron chi connectivity index (χ1n) is 4.31. The summed E-state index contributed by atoms with van der Waals surface area (Å²) in [6.45, 7) is 0.834. The maximum atomic E-state index is 11.7. The van der Waals surface area contributed by atoms with E-state index in [1.807, 2.05) is 0 Å². The molecule has 82 valence electrons. The molecule has 0 unspecified atom stereocenters. The van der Waals surface area contributed by atoms with E-state index in [0.29, 0.717) is 13.2 Å². The van der Waals surface area contributed by atoms with Gasteiger partial charge in [-0.25, -0.2) is 14.7 Å². The standard InChI is InChI=1S/C7H10N4O3S/c12-15(13,11-4-5-14-6-11)10-7-8-2-1-3-9-7/h1-3H,4-6H2,(H,8,9,10). The second-order valence-corrected chi connectivity index (χ2v) is 4.56. The summed E-state index contributed by atoms with van der Waals surface area (Å²) in [6, 6.07) is 1.61. The molecule has 0 bridgehead atoms. The van der Waals surface area contributed by atoms with Crippen molar-refractivity contribution >= 4 is 16.2 Å². The van der Waals surface area contributed by atoms with E-state index >= 15 is 0 Å². The van der Waals surface area contributed by atoms with Gasteiger partial charge in [-0.2, -0.15) is 12.7 Å². The monoisotopic (exact) mass is 230 g/mol. The summed E-state index contributed by atoms with van der Waals surface area (Å²) in [4.78, 5) is 7.53. The van der Waals surface area contributed by atoms with Gasteiger partial charge in [0.1, 0.15) is 6.73 Å². The van der Waals surface area contributed by atoms with Gasteiger partial charge < -0.3 is 4.74 Å². The van der Waals surface area contributed by atoms with E-state index in [4.69, 9.17) is 4.74 Å². The third-order valence-corrected chi connectivity index (χ3v) is 3.25. The van der Waals surface area contributed by atoms with Gasteiger partial charge in [0.05, 0.1) is 6.61 Å². The van der Waals surface area contributed by atoms with Crippen LogP contribution in [-0.2, 0) is 14.9 Å². The summed E-state index contributed by atoms with van der Waals surface area (Å²) >= 11 is 0. The van der Waals surface area contributed by atoms with E-state index in [-0.39, 0.29) is 12.7 Å².